The Balaban J connectivity index is 1.14. The molecule has 0 unspecified atom stereocenters. The number of anilines is 1. The zero-order valence-corrected chi connectivity index (χ0v) is 21.2. The van der Waals surface area contributed by atoms with Crippen LogP contribution in [0.2, 0.25) is 5.02 Å². The summed E-state index contributed by atoms with van der Waals surface area (Å²) in [6, 6.07) is 3.06. The number of ether oxygens (including phenoxy) is 3. The van der Waals surface area contributed by atoms with Gasteiger partial charge in [0.05, 0.1) is 36.1 Å². The average molecular weight is 509 g/mol. The molecule has 5 rings (SSSR count). The number of amides is 1. The van der Waals surface area contributed by atoms with E-state index < -0.39 is 0 Å². The number of unbranched alkanes of at least 4 members (excludes halogenated alkanes) is 1. The highest BCUT2D eigenvalue weighted by Gasteiger charge is 2.36. The topological polar surface area (TPSA) is 106 Å². The number of methoxy groups -OCH3 is 1. The van der Waals surface area contributed by atoms with Gasteiger partial charge in [0.25, 0.3) is 5.91 Å². The molecular formula is C25H37ClN4O5. The molecule has 10 heteroatoms. The Labute approximate surface area is 212 Å². The monoisotopic (exact) mass is 508 g/mol. The number of nitrogens with zero attached hydrogens (tertiary/aromatic N) is 2. The van der Waals surface area contributed by atoms with Crippen LogP contribution in [0.5, 0.6) is 5.75 Å². The maximum atomic E-state index is 12.7. The van der Waals surface area contributed by atoms with Gasteiger partial charge in [0.2, 0.25) is 0 Å². The van der Waals surface area contributed by atoms with E-state index in [1.165, 1.54) is 13.2 Å². The Hall–Kier alpha value is -2.07. The van der Waals surface area contributed by atoms with Gasteiger partial charge in [-0.05, 0) is 57.3 Å². The summed E-state index contributed by atoms with van der Waals surface area (Å²) in [5.74, 6) is 0.575. The first kappa shape index (κ1) is 26.0. The largest absolute Gasteiger partial charge is 0.496 e. The molecule has 0 aliphatic carbocycles. The number of nitrogens with one attached hydrogen (secondary N) is 1. The number of carbonyl (C=O) groups excluding carboxylic acids is 2. The van der Waals surface area contributed by atoms with Gasteiger partial charge in [-0.1, -0.05) is 11.6 Å². The summed E-state index contributed by atoms with van der Waals surface area (Å²) in [6.07, 6.45) is 4.50. The van der Waals surface area contributed by atoms with Crippen molar-refractivity contribution in [2.75, 3.05) is 65.3 Å². The Kier molecular flexibility index (Phi) is 9.10. The minimum Gasteiger partial charge on any atom is -0.496 e. The van der Waals surface area contributed by atoms with Crippen LogP contribution in [-0.4, -0.2) is 93.4 Å². The second kappa shape index (κ2) is 12.3. The summed E-state index contributed by atoms with van der Waals surface area (Å²) in [5, 5.41) is 3.22. The Morgan fingerprint density at radius 1 is 1.20 bits per heavy atom. The summed E-state index contributed by atoms with van der Waals surface area (Å²) in [4.78, 5) is 29.7. The number of benzene rings is 1. The van der Waals surface area contributed by atoms with Crippen molar-refractivity contribution < 1.29 is 23.8 Å². The third-order valence-electron chi connectivity index (χ3n) is 7.26. The number of piperidine rings is 3. The van der Waals surface area contributed by atoms with Crippen LogP contribution >= 0.6 is 11.6 Å². The molecule has 0 aromatic heterocycles. The molecule has 194 valence electrons. The Bertz CT molecular complexity index is 893. The number of carbonyl (C=O) groups is 2. The van der Waals surface area contributed by atoms with Gasteiger partial charge in [0.15, 0.2) is 0 Å². The summed E-state index contributed by atoms with van der Waals surface area (Å²) in [7, 11) is 1.49. The highest BCUT2D eigenvalue weighted by atomic mass is 35.5. The van der Waals surface area contributed by atoms with Gasteiger partial charge in [-0.15, -0.1) is 0 Å². The van der Waals surface area contributed by atoms with E-state index in [9.17, 15) is 9.59 Å². The first-order valence-corrected chi connectivity index (χ1v) is 13.0. The molecule has 1 amide bonds. The number of morpholine rings is 1. The van der Waals surface area contributed by atoms with Gasteiger partial charge < -0.3 is 25.3 Å². The minimum absolute atomic E-state index is 0.0653. The van der Waals surface area contributed by atoms with E-state index in [1.807, 2.05) is 0 Å². The summed E-state index contributed by atoms with van der Waals surface area (Å²) in [6.45, 7) is 6.65. The maximum Gasteiger partial charge on any atom is 0.306 e. The number of rotatable bonds is 10. The molecule has 4 fully saturated rings. The lowest BCUT2D eigenvalue weighted by molar-refractivity contribution is -0.158. The van der Waals surface area contributed by atoms with Crippen molar-refractivity contribution in [1.82, 2.24) is 15.1 Å². The summed E-state index contributed by atoms with van der Waals surface area (Å²) >= 11 is 6.08. The fraction of sp³-hybridized carbons (Fsp3) is 0.680. The lowest BCUT2D eigenvalue weighted by atomic mass is 9.86. The van der Waals surface area contributed by atoms with Crippen LogP contribution in [0.1, 0.15) is 42.5 Å². The molecule has 4 heterocycles. The van der Waals surface area contributed by atoms with E-state index in [0.29, 0.717) is 47.5 Å². The van der Waals surface area contributed by atoms with E-state index in [4.69, 9.17) is 31.5 Å². The van der Waals surface area contributed by atoms with Crippen molar-refractivity contribution in [3.05, 3.63) is 22.7 Å². The standard InChI is InChI=1S/C25H37ClN4O5/c1-33-22-13-21(27)20(26)12-19(22)25(32)28-14-18-15-29(10-11-34-18)7-3-2-4-24(31)35-23-16-30-8-5-17(23)6-9-30/h12-13,17-18,23H,2-11,14-16,27H2,1H3,(H,28,32)/t18-,23+/m1/s1. The zero-order chi connectivity index (χ0) is 24.8. The van der Waals surface area contributed by atoms with E-state index in [0.717, 1.165) is 65.0 Å². The minimum atomic E-state index is -0.286. The molecule has 35 heavy (non-hydrogen) atoms. The van der Waals surface area contributed by atoms with E-state index >= 15 is 0 Å². The number of nitrogens with two attached hydrogens (primary N) is 1. The van der Waals surface area contributed by atoms with Crippen LogP contribution in [-0.2, 0) is 14.3 Å². The smallest absolute Gasteiger partial charge is 0.306 e. The van der Waals surface area contributed by atoms with Gasteiger partial charge in [-0.25, -0.2) is 0 Å². The van der Waals surface area contributed by atoms with Crippen LogP contribution in [0.25, 0.3) is 0 Å². The fourth-order valence-corrected chi connectivity index (χ4v) is 5.36. The predicted molar refractivity (Wildman–Crippen MR) is 134 cm³/mol. The molecule has 1 aromatic rings. The van der Waals surface area contributed by atoms with Gasteiger partial charge in [-0.3, -0.25) is 19.4 Å². The number of halogens is 1. The number of hydrogen-bond acceptors (Lipinski definition) is 8. The maximum absolute atomic E-state index is 12.7. The van der Waals surface area contributed by atoms with E-state index in [2.05, 4.69) is 15.1 Å². The lowest BCUT2D eigenvalue weighted by Crippen LogP contribution is -2.51. The number of nitrogen functional groups attached to an aromatic ring is 1. The summed E-state index contributed by atoms with van der Waals surface area (Å²) < 4.78 is 16.9. The zero-order valence-electron chi connectivity index (χ0n) is 20.5. The van der Waals surface area contributed by atoms with Gasteiger partial charge in [-0.2, -0.15) is 0 Å². The predicted octanol–water partition coefficient (Wildman–Crippen LogP) is 2.17. The van der Waals surface area contributed by atoms with E-state index in [1.54, 1.807) is 6.07 Å². The van der Waals surface area contributed by atoms with Crippen molar-refractivity contribution in [3.63, 3.8) is 0 Å². The van der Waals surface area contributed by atoms with Gasteiger partial charge in [0, 0.05) is 38.7 Å². The van der Waals surface area contributed by atoms with Gasteiger partial charge >= 0.3 is 5.97 Å². The van der Waals surface area contributed by atoms with Crippen molar-refractivity contribution in [3.8, 4) is 5.75 Å². The first-order valence-electron chi connectivity index (χ1n) is 12.6. The molecule has 0 spiro atoms. The average Bonchev–Trinajstić information content (AvgIpc) is 2.87. The molecule has 4 aliphatic rings. The molecule has 4 aliphatic heterocycles. The third kappa shape index (κ3) is 7.00. The van der Waals surface area contributed by atoms with Crippen molar-refractivity contribution in [2.24, 2.45) is 5.92 Å². The number of esters is 1. The van der Waals surface area contributed by atoms with Crippen LogP contribution in [0, 0.1) is 5.92 Å². The lowest BCUT2D eigenvalue weighted by Gasteiger charge is -2.43. The van der Waals surface area contributed by atoms with Crippen LogP contribution in [0.4, 0.5) is 5.69 Å². The molecule has 0 radical (unpaired) electrons. The first-order chi connectivity index (χ1) is 16.9. The van der Waals surface area contributed by atoms with Crippen molar-refractivity contribution in [1.29, 1.82) is 0 Å². The fourth-order valence-electron chi connectivity index (χ4n) is 5.20. The van der Waals surface area contributed by atoms with Crippen LogP contribution < -0.4 is 15.8 Å². The Morgan fingerprint density at radius 2 is 2.00 bits per heavy atom. The SMILES string of the molecule is COc1cc(N)c(Cl)cc1C(=O)NC[C@@H]1CN(CCCCC(=O)O[C@H]2CN3CCC2CC3)CCO1. The van der Waals surface area contributed by atoms with Crippen LogP contribution in [0.3, 0.4) is 0 Å². The molecular weight excluding hydrogens is 472 g/mol. The van der Waals surface area contributed by atoms with Crippen molar-refractivity contribution >= 4 is 29.2 Å². The number of hydrogen-bond donors (Lipinski definition) is 2. The Morgan fingerprint density at radius 3 is 2.71 bits per heavy atom. The highest BCUT2D eigenvalue weighted by Crippen LogP contribution is 2.30. The molecule has 2 atom stereocenters. The normalized spacial score (nSPS) is 26.3. The third-order valence-corrected chi connectivity index (χ3v) is 7.59. The molecule has 3 N–H and O–H groups in total. The number of fused-ring (bicyclic) bond motifs is 3. The highest BCUT2D eigenvalue weighted by molar-refractivity contribution is 6.33. The quantitative estimate of drug-likeness (QED) is 0.281. The molecule has 2 bridgehead atoms. The van der Waals surface area contributed by atoms with Crippen LogP contribution in [0.15, 0.2) is 12.1 Å². The van der Waals surface area contributed by atoms with Crippen molar-refractivity contribution in [2.45, 2.75) is 44.3 Å². The molecule has 4 saturated heterocycles. The molecule has 1 aromatic carbocycles. The molecule has 0 saturated carbocycles. The van der Waals surface area contributed by atoms with Gasteiger partial charge in [0.1, 0.15) is 11.9 Å². The van der Waals surface area contributed by atoms with E-state index in [-0.39, 0.29) is 24.1 Å². The molecule has 9 nitrogen and oxygen atoms in total. The summed E-state index contributed by atoms with van der Waals surface area (Å²) in [5.41, 5.74) is 6.49. The second-order valence-electron chi connectivity index (χ2n) is 9.70. The second-order valence-corrected chi connectivity index (χ2v) is 10.1.